The minimum Gasteiger partial charge on any atom is -0.303 e. The highest BCUT2D eigenvalue weighted by Crippen LogP contribution is 2.16. The van der Waals surface area contributed by atoms with E-state index >= 15 is 0 Å². The molecule has 1 aromatic carbocycles. The standard InChI is InChI=1S/C16H24N2/c1-5-6-8-11-14(2)16(17-18(3)4)15-12-9-7-10-13-15/h5,7,9-10,12-14H,1,6,8,11H2,2-4H3/b17-16+. The number of unbranched alkanes of at least 4 members (excludes halogenated alkanes) is 1. The van der Waals surface area contributed by atoms with E-state index < -0.39 is 0 Å². The van der Waals surface area contributed by atoms with E-state index in [0.29, 0.717) is 5.92 Å². The Morgan fingerprint density at radius 2 is 2.00 bits per heavy atom. The number of hydrogen-bond donors (Lipinski definition) is 0. The highest BCUT2D eigenvalue weighted by Gasteiger charge is 2.13. The third-order valence-corrected chi connectivity index (χ3v) is 2.89. The number of allylic oxidation sites excluding steroid dienone is 1. The number of hydrazone groups is 1. The van der Waals surface area contributed by atoms with E-state index in [0.717, 1.165) is 12.8 Å². The fourth-order valence-electron chi connectivity index (χ4n) is 1.97. The molecule has 0 spiro atoms. The molecule has 2 heteroatoms. The van der Waals surface area contributed by atoms with E-state index in [1.807, 2.05) is 31.2 Å². The van der Waals surface area contributed by atoms with Crippen molar-refractivity contribution in [2.75, 3.05) is 14.1 Å². The number of hydrogen-bond acceptors (Lipinski definition) is 2. The number of rotatable bonds is 7. The predicted octanol–water partition coefficient (Wildman–Crippen LogP) is 3.94. The SMILES string of the molecule is C=CCCCC(C)/C(=N\N(C)C)c1ccccc1. The normalized spacial score (nSPS) is 13.2. The molecular formula is C16H24N2. The van der Waals surface area contributed by atoms with Crippen LogP contribution in [0.3, 0.4) is 0 Å². The summed E-state index contributed by atoms with van der Waals surface area (Å²) in [4.78, 5) is 0. The van der Waals surface area contributed by atoms with Crippen LogP contribution in [-0.2, 0) is 0 Å². The van der Waals surface area contributed by atoms with Crippen LogP contribution in [0.2, 0.25) is 0 Å². The molecular weight excluding hydrogens is 220 g/mol. The van der Waals surface area contributed by atoms with Crippen molar-refractivity contribution in [2.24, 2.45) is 11.0 Å². The summed E-state index contributed by atoms with van der Waals surface area (Å²) in [6, 6.07) is 10.4. The first kappa shape index (κ1) is 14.5. The summed E-state index contributed by atoms with van der Waals surface area (Å²) in [6.45, 7) is 6.02. The summed E-state index contributed by atoms with van der Waals surface area (Å²) in [5.74, 6) is 0.467. The highest BCUT2D eigenvalue weighted by atomic mass is 15.4. The van der Waals surface area contributed by atoms with Crippen LogP contribution in [0, 0.1) is 5.92 Å². The molecule has 0 fully saturated rings. The smallest absolute Gasteiger partial charge is 0.0705 e. The van der Waals surface area contributed by atoms with Crippen molar-refractivity contribution < 1.29 is 0 Å². The van der Waals surface area contributed by atoms with Crippen molar-refractivity contribution >= 4 is 5.71 Å². The molecule has 0 saturated carbocycles. The molecule has 0 N–H and O–H groups in total. The fraction of sp³-hybridized carbons (Fsp3) is 0.438. The molecule has 0 bridgehead atoms. The van der Waals surface area contributed by atoms with E-state index in [2.05, 4.69) is 42.9 Å². The van der Waals surface area contributed by atoms with E-state index in [-0.39, 0.29) is 0 Å². The summed E-state index contributed by atoms with van der Waals surface area (Å²) in [7, 11) is 3.94. The van der Waals surface area contributed by atoms with Gasteiger partial charge in [0, 0.05) is 20.0 Å². The molecule has 2 nitrogen and oxygen atoms in total. The Hall–Kier alpha value is -1.57. The van der Waals surface area contributed by atoms with E-state index in [9.17, 15) is 0 Å². The maximum Gasteiger partial charge on any atom is 0.0705 e. The van der Waals surface area contributed by atoms with Gasteiger partial charge in [-0.25, -0.2) is 0 Å². The Labute approximate surface area is 111 Å². The van der Waals surface area contributed by atoms with Gasteiger partial charge in [-0.05, 0) is 24.8 Å². The van der Waals surface area contributed by atoms with Crippen LogP contribution in [0.1, 0.15) is 31.7 Å². The van der Waals surface area contributed by atoms with Gasteiger partial charge >= 0.3 is 0 Å². The molecule has 0 heterocycles. The van der Waals surface area contributed by atoms with E-state index in [4.69, 9.17) is 0 Å². The van der Waals surface area contributed by atoms with Gasteiger partial charge in [-0.1, -0.05) is 43.3 Å². The van der Waals surface area contributed by atoms with Crippen LogP contribution in [0.15, 0.2) is 48.1 Å². The lowest BCUT2D eigenvalue weighted by Gasteiger charge is -2.17. The molecule has 1 atom stereocenters. The van der Waals surface area contributed by atoms with Gasteiger partial charge in [0.25, 0.3) is 0 Å². The molecule has 1 unspecified atom stereocenters. The molecule has 0 aliphatic heterocycles. The fourth-order valence-corrected chi connectivity index (χ4v) is 1.97. The molecule has 1 aromatic rings. The van der Waals surface area contributed by atoms with Crippen LogP contribution < -0.4 is 0 Å². The number of benzene rings is 1. The van der Waals surface area contributed by atoms with Gasteiger partial charge in [-0.2, -0.15) is 5.10 Å². The first-order valence-corrected chi connectivity index (χ1v) is 6.57. The zero-order chi connectivity index (χ0) is 13.4. The second-order valence-corrected chi connectivity index (χ2v) is 4.82. The highest BCUT2D eigenvalue weighted by molar-refractivity contribution is 6.01. The molecule has 98 valence electrons. The molecule has 0 saturated heterocycles. The van der Waals surface area contributed by atoms with Gasteiger partial charge in [0.05, 0.1) is 5.71 Å². The Bertz CT molecular complexity index is 379. The lowest BCUT2D eigenvalue weighted by molar-refractivity contribution is 0.432. The molecule has 1 rings (SSSR count). The number of nitrogens with zero attached hydrogens (tertiary/aromatic N) is 2. The zero-order valence-corrected chi connectivity index (χ0v) is 11.8. The zero-order valence-electron chi connectivity index (χ0n) is 11.8. The summed E-state index contributed by atoms with van der Waals surface area (Å²) >= 11 is 0. The second-order valence-electron chi connectivity index (χ2n) is 4.82. The van der Waals surface area contributed by atoms with Crippen molar-refractivity contribution in [3.63, 3.8) is 0 Å². The van der Waals surface area contributed by atoms with Crippen LogP contribution in [0.4, 0.5) is 0 Å². The summed E-state index contributed by atoms with van der Waals surface area (Å²) in [6.07, 6.45) is 5.38. The van der Waals surface area contributed by atoms with Gasteiger partial charge in [0.1, 0.15) is 0 Å². The minimum absolute atomic E-state index is 0.467. The van der Waals surface area contributed by atoms with Gasteiger partial charge < -0.3 is 5.01 Å². The predicted molar refractivity (Wildman–Crippen MR) is 79.9 cm³/mol. The first-order valence-electron chi connectivity index (χ1n) is 6.57. The molecule has 0 aromatic heterocycles. The average Bonchev–Trinajstić information content (AvgIpc) is 2.37. The molecule has 0 amide bonds. The third kappa shape index (κ3) is 4.74. The van der Waals surface area contributed by atoms with Crippen LogP contribution in [-0.4, -0.2) is 24.8 Å². The largest absolute Gasteiger partial charge is 0.303 e. The second kappa shape index (κ2) is 7.70. The van der Waals surface area contributed by atoms with Crippen molar-refractivity contribution in [2.45, 2.75) is 26.2 Å². The quantitative estimate of drug-likeness (QED) is 0.307. The molecule has 0 aliphatic rings. The van der Waals surface area contributed by atoms with Crippen molar-refractivity contribution in [3.05, 3.63) is 48.6 Å². The summed E-state index contributed by atoms with van der Waals surface area (Å²) in [5, 5.41) is 6.53. The Morgan fingerprint density at radius 3 is 2.56 bits per heavy atom. The molecule has 0 radical (unpaired) electrons. The Balaban J connectivity index is 2.82. The third-order valence-electron chi connectivity index (χ3n) is 2.89. The Kier molecular flexibility index (Phi) is 6.20. The monoisotopic (exact) mass is 244 g/mol. The van der Waals surface area contributed by atoms with Crippen molar-refractivity contribution in [3.8, 4) is 0 Å². The molecule has 18 heavy (non-hydrogen) atoms. The van der Waals surface area contributed by atoms with Crippen LogP contribution >= 0.6 is 0 Å². The molecule has 0 aliphatic carbocycles. The maximum absolute atomic E-state index is 4.65. The topological polar surface area (TPSA) is 15.6 Å². The van der Waals surface area contributed by atoms with E-state index in [1.165, 1.54) is 17.7 Å². The van der Waals surface area contributed by atoms with Gasteiger partial charge in [-0.3, -0.25) is 0 Å². The van der Waals surface area contributed by atoms with Crippen molar-refractivity contribution in [1.29, 1.82) is 0 Å². The van der Waals surface area contributed by atoms with Gasteiger partial charge in [-0.15, -0.1) is 6.58 Å². The van der Waals surface area contributed by atoms with Gasteiger partial charge in [0.15, 0.2) is 0 Å². The Morgan fingerprint density at radius 1 is 1.33 bits per heavy atom. The summed E-state index contributed by atoms with van der Waals surface area (Å²) < 4.78 is 0. The van der Waals surface area contributed by atoms with Gasteiger partial charge in [0.2, 0.25) is 0 Å². The van der Waals surface area contributed by atoms with Crippen LogP contribution in [0.25, 0.3) is 0 Å². The van der Waals surface area contributed by atoms with Crippen molar-refractivity contribution in [1.82, 2.24) is 5.01 Å². The van der Waals surface area contributed by atoms with Crippen LogP contribution in [0.5, 0.6) is 0 Å². The average molecular weight is 244 g/mol. The lowest BCUT2D eigenvalue weighted by atomic mass is 9.93. The maximum atomic E-state index is 4.65. The summed E-state index contributed by atoms with van der Waals surface area (Å²) in [5.41, 5.74) is 2.39. The first-order chi connectivity index (χ1) is 8.65. The van der Waals surface area contributed by atoms with E-state index in [1.54, 1.807) is 0 Å². The lowest BCUT2D eigenvalue weighted by Crippen LogP contribution is -2.17. The minimum atomic E-state index is 0.467.